The van der Waals surface area contributed by atoms with Gasteiger partial charge in [-0.25, -0.2) is 24.3 Å². The number of rotatable bonds is 8. The molecule has 0 spiro atoms. The van der Waals surface area contributed by atoms with E-state index in [1.165, 1.54) is 6.07 Å². The number of halogens is 2. The Kier molecular flexibility index (Phi) is 6.87. The lowest BCUT2D eigenvalue weighted by molar-refractivity contribution is 0.285. The van der Waals surface area contributed by atoms with Gasteiger partial charge in [-0.2, -0.15) is 4.39 Å². The van der Waals surface area contributed by atoms with Crippen LogP contribution in [0.5, 0.6) is 5.75 Å². The van der Waals surface area contributed by atoms with Gasteiger partial charge in [-0.1, -0.05) is 26.2 Å². The lowest BCUT2D eigenvalue weighted by atomic mass is 9.98. The van der Waals surface area contributed by atoms with E-state index in [0.717, 1.165) is 36.9 Å². The Hall–Kier alpha value is -3.16. The number of unbranched alkanes of at least 4 members (excludes halogenated alkanes) is 3. The average molecular weight is 440 g/mol. The molecule has 0 bridgehead atoms. The van der Waals surface area contributed by atoms with E-state index in [-0.39, 0.29) is 11.8 Å². The van der Waals surface area contributed by atoms with Gasteiger partial charge >= 0.3 is 0 Å². The summed E-state index contributed by atoms with van der Waals surface area (Å²) in [5, 5.41) is 0. The van der Waals surface area contributed by atoms with Crippen molar-refractivity contribution in [3.63, 3.8) is 0 Å². The number of nitrogens with zero attached hydrogens (tertiary/aromatic N) is 5. The average Bonchev–Trinajstić information content (AvgIpc) is 2.82. The summed E-state index contributed by atoms with van der Waals surface area (Å²) >= 11 is 0. The number of anilines is 1. The van der Waals surface area contributed by atoms with Crippen molar-refractivity contribution in [2.75, 3.05) is 18.1 Å². The molecule has 0 saturated heterocycles. The van der Waals surface area contributed by atoms with Gasteiger partial charge in [0.1, 0.15) is 0 Å². The molecule has 1 aromatic carbocycles. The third-order valence-corrected chi connectivity index (χ3v) is 5.74. The molecular weight excluding hydrogens is 412 g/mol. The summed E-state index contributed by atoms with van der Waals surface area (Å²) in [6.45, 7) is 5.11. The van der Waals surface area contributed by atoms with Crippen LogP contribution in [0.25, 0.3) is 11.6 Å². The molecule has 3 heterocycles. The number of benzene rings is 1. The Labute approximate surface area is 186 Å². The van der Waals surface area contributed by atoms with Crippen LogP contribution in [0, 0.1) is 11.6 Å². The summed E-state index contributed by atoms with van der Waals surface area (Å²) in [6, 6.07) is 4.46. The molecular formula is C24H27F2N5O. The highest BCUT2D eigenvalue weighted by atomic mass is 19.2. The Morgan fingerprint density at radius 2 is 1.88 bits per heavy atom. The van der Waals surface area contributed by atoms with Crippen LogP contribution in [-0.4, -0.2) is 33.1 Å². The van der Waals surface area contributed by atoms with Crippen molar-refractivity contribution in [3.8, 4) is 17.4 Å². The van der Waals surface area contributed by atoms with E-state index >= 15 is 0 Å². The van der Waals surface area contributed by atoms with Crippen LogP contribution in [0.2, 0.25) is 0 Å². The number of hydrogen-bond acceptors (Lipinski definition) is 6. The fourth-order valence-electron chi connectivity index (χ4n) is 3.97. The van der Waals surface area contributed by atoms with E-state index in [9.17, 15) is 8.78 Å². The molecule has 2 aromatic heterocycles. The van der Waals surface area contributed by atoms with Crippen LogP contribution in [0.1, 0.15) is 56.8 Å². The molecule has 1 aliphatic heterocycles. The third kappa shape index (κ3) is 4.69. The van der Waals surface area contributed by atoms with Crippen molar-refractivity contribution in [1.29, 1.82) is 0 Å². The van der Waals surface area contributed by atoms with Crippen molar-refractivity contribution < 1.29 is 13.5 Å². The summed E-state index contributed by atoms with van der Waals surface area (Å²) in [6.07, 6.45) is 9.77. The van der Waals surface area contributed by atoms with E-state index in [1.54, 1.807) is 30.7 Å². The maximum Gasteiger partial charge on any atom is 0.200 e. The number of hydrogen-bond donors (Lipinski definition) is 0. The zero-order valence-electron chi connectivity index (χ0n) is 18.4. The summed E-state index contributed by atoms with van der Waals surface area (Å²) in [5.41, 5.74) is 2.45. The monoisotopic (exact) mass is 439 g/mol. The second kappa shape index (κ2) is 9.97. The highest BCUT2D eigenvalue weighted by molar-refractivity contribution is 5.55. The first-order valence-corrected chi connectivity index (χ1v) is 11.1. The second-order valence-corrected chi connectivity index (χ2v) is 7.94. The highest BCUT2D eigenvalue weighted by Gasteiger charge is 2.28. The molecule has 0 saturated carbocycles. The number of aromatic nitrogens is 4. The fraction of sp³-hybridized carbons (Fsp3) is 0.417. The first kappa shape index (κ1) is 22.0. The standard InChI is InChI=1S/C24H27F2N5O/c1-3-4-5-6-12-32-21-14-17(13-19(25)22(21)26)31-11-8-20-18(16(31)2)15-29-24(30-20)23-27-9-7-10-28-23/h7,9-10,13-16H,3-6,8,11-12H2,1-2H3. The zero-order valence-corrected chi connectivity index (χ0v) is 18.4. The molecule has 4 rings (SSSR count). The largest absolute Gasteiger partial charge is 0.490 e. The first-order valence-electron chi connectivity index (χ1n) is 11.1. The predicted molar refractivity (Wildman–Crippen MR) is 119 cm³/mol. The third-order valence-electron chi connectivity index (χ3n) is 5.74. The molecule has 32 heavy (non-hydrogen) atoms. The smallest absolute Gasteiger partial charge is 0.200 e. The lowest BCUT2D eigenvalue weighted by Crippen LogP contribution is -2.35. The maximum absolute atomic E-state index is 14.4. The van der Waals surface area contributed by atoms with Gasteiger partial charge in [0.15, 0.2) is 23.2 Å². The van der Waals surface area contributed by atoms with Gasteiger partial charge in [-0.05, 0) is 19.4 Å². The quantitative estimate of drug-likeness (QED) is 0.444. The molecule has 0 N–H and O–H groups in total. The van der Waals surface area contributed by atoms with Crippen LogP contribution in [0.15, 0.2) is 36.8 Å². The number of ether oxygens (including phenoxy) is 1. The Morgan fingerprint density at radius 1 is 1.06 bits per heavy atom. The van der Waals surface area contributed by atoms with Crippen molar-refractivity contribution in [1.82, 2.24) is 19.9 Å². The topological polar surface area (TPSA) is 64.0 Å². The van der Waals surface area contributed by atoms with E-state index in [1.807, 2.05) is 11.8 Å². The zero-order chi connectivity index (χ0) is 22.5. The molecule has 1 atom stereocenters. The predicted octanol–water partition coefficient (Wildman–Crippen LogP) is 5.29. The van der Waals surface area contributed by atoms with Crippen LogP contribution in [0.3, 0.4) is 0 Å². The number of fused-ring (bicyclic) bond motifs is 1. The fourth-order valence-corrected chi connectivity index (χ4v) is 3.97. The summed E-state index contributed by atoms with van der Waals surface area (Å²) < 4.78 is 34.3. The summed E-state index contributed by atoms with van der Waals surface area (Å²) in [4.78, 5) is 19.5. The molecule has 0 amide bonds. The van der Waals surface area contributed by atoms with Gasteiger partial charge in [-0.3, -0.25) is 0 Å². The Balaban J connectivity index is 1.54. The lowest BCUT2D eigenvalue weighted by Gasteiger charge is -2.36. The van der Waals surface area contributed by atoms with E-state index in [4.69, 9.17) is 4.74 Å². The molecule has 8 heteroatoms. The SMILES string of the molecule is CCCCCCOc1cc(N2CCc3nc(-c4ncccn4)ncc3C2C)cc(F)c1F. The van der Waals surface area contributed by atoms with Crippen LogP contribution >= 0.6 is 0 Å². The van der Waals surface area contributed by atoms with Gasteiger partial charge in [0.05, 0.1) is 18.3 Å². The van der Waals surface area contributed by atoms with Crippen molar-refractivity contribution in [3.05, 3.63) is 59.7 Å². The van der Waals surface area contributed by atoms with Gasteiger partial charge in [0.25, 0.3) is 0 Å². The van der Waals surface area contributed by atoms with Gasteiger partial charge in [0.2, 0.25) is 5.82 Å². The summed E-state index contributed by atoms with van der Waals surface area (Å²) in [7, 11) is 0. The molecule has 0 aliphatic carbocycles. The molecule has 3 aromatic rings. The van der Waals surface area contributed by atoms with Gasteiger partial charge in [-0.15, -0.1) is 0 Å². The summed E-state index contributed by atoms with van der Waals surface area (Å²) in [5.74, 6) is -0.923. The molecule has 1 aliphatic rings. The minimum atomic E-state index is -0.940. The van der Waals surface area contributed by atoms with Crippen LogP contribution < -0.4 is 9.64 Å². The highest BCUT2D eigenvalue weighted by Crippen LogP contribution is 2.36. The minimum Gasteiger partial charge on any atom is -0.490 e. The molecule has 1 unspecified atom stereocenters. The van der Waals surface area contributed by atoms with E-state index < -0.39 is 11.6 Å². The van der Waals surface area contributed by atoms with Crippen molar-refractivity contribution in [2.24, 2.45) is 0 Å². The first-order chi connectivity index (χ1) is 15.6. The van der Waals surface area contributed by atoms with E-state index in [2.05, 4.69) is 26.9 Å². The van der Waals surface area contributed by atoms with Crippen molar-refractivity contribution in [2.45, 2.75) is 52.0 Å². The van der Waals surface area contributed by atoms with Crippen molar-refractivity contribution >= 4 is 5.69 Å². The van der Waals surface area contributed by atoms with E-state index in [0.29, 0.717) is 36.9 Å². The normalized spacial score (nSPS) is 15.5. The van der Waals surface area contributed by atoms with Crippen LogP contribution in [0.4, 0.5) is 14.5 Å². The molecule has 0 radical (unpaired) electrons. The van der Waals surface area contributed by atoms with Gasteiger partial charge in [0, 0.05) is 54.9 Å². The molecule has 6 nitrogen and oxygen atoms in total. The van der Waals surface area contributed by atoms with Crippen LogP contribution in [-0.2, 0) is 6.42 Å². The maximum atomic E-state index is 14.4. The Morgan fingerprint density at radius 3 is 2.66 bits per heavy atom. The molecule has 168 valence electrons. The minimum absolute atomic E-state index is 0.0395. The van der Waals surface area contributed by atoms with Gasteiger partial charge < -0.3 is 9.64 Å². The Bertz CT molecular complexity index is 1060. The molecule has 0 fully saturated rings. The second-order valence-electron chi connectivity index (χ2n) is 7.94.